The van der Waals surface area contributed by atoms with Gasteiger partial charge in [0.05, 0.1) is 12.1 Å². The largest absolute Gasteiger partial charge is 0.394 e. The molecule has 0 aromatic heterocycles. The summed E-state index contributed by atoms with van der Waals surface area (Å²) in [5, 5.41) is 9.82. The summed E-state index contributed by atoms with van der Waals surface area (Å²) in [6.07, 6.45) is 2.20. The van der Waals surface area contributed by atoms with E-state index in [1.807, 2.05) is 0 Å². The van der Waals surface area contributed by atoms with E-state index in [0.29, 0.717) is 0 Å². The topological polar surface area (TPSA) is 26.7 Å². The fourth-order valence-electron chi connectivity index (χ4n) is 3.10. The second kappa shape index (κ2) is 5.51. The maximum atomic E-state index is 9.82. The molecule has 1 aromatic rings. The zero-order chi connectivity index (χ0) is 14.0. The Balaban J connectivity index is 2.25. The van der Waals surface area contributed by atoms with Gasteiger partial charge in [-0.2, -0.15) is 0 Å². The molecule has 1 heterocycles. The molecule has 1 aromatic carbocycles. The number of anilines is 1. The molecule has 3 heteroatoms. The average molecular weight is 262 g/mol. The van der Waals surface area contributed by atoms with Crippen molar-refractivity contribution in [2.24, 2.45) is 0 Å². The number of likely N-dealkylation sites (N-methyl/N-ethyl adjacent to an activating group) is 1. The Morgan fingerprint density at radius 3 is 2.37 bits per heavy atom. The van der Waals surface area contributed by atoms with Crippen LogP contribution in [0, 0.1) is 13.8 Å². The van der Waals surface area contributed by atoms with E-state index in [0.717, 1.165) is 25.9 Å². The Morgan fingerprint density at radius 1 is 1.21 bits per heavy atom. The van der Waals surface area contributed by atoms with Crippen LogP contribution in [-0.4, -0.2) is 49.3 Å². The van der Waals surface area contributed by atoms with Crippen LogP contribution >= 0.6 is 0 Å². The van der Waals surface area contributed by atoms with Crippen LogP contribution in [0.3, 0.4) is 0 Å². The van der Waals surface area contributed by atoms with Gasteiger partial charge < -0.3 is 10.0 Å². The molecule has 0 amide bonds. The number of benzene rings is 1. The third-order valence-corrected chi connectivity index (χ3v) is 4.37. The first kappa shape index (κ1) is 14.4. The molecule has 0 bridgehead atoms. The molecule has 19 heavy (non-hydrogen) atoms. The smallest absolute Gasteiger partial charge is 0.0632 e. The summed E-state index contributed by atoms with van der Waals surface area (Å²) in [6, 6.07) is 6.70. The molecule has 1 fully saturated rings. The number of aliphatic hydroxyl groups is 1. The fraction of sp³-hybridized carbons (Fsp3) is 0.625. The molecule has 2 rings (SSSR count). The van der Waals surface area contributed by atoms with Gasteiger partial charge in [0.15, 0.2) is 0 Å². The third-order valence-electron chi connectivity index (χ3n) is 4.37. The molecule has 1 unspecified atom stereocenters. The van der Waals surface area contributed by atoms with Crippen LogP contribution in [0.1, 0.15) is 24.0 Å². The van der Waals surface area contributed by atoms with E-state index in [-0.39, 0.29) is 12.1 Å². The van der Waals surface area contributed by atoms with Crippen molar-refractivity contribution in [2.45, 2.75) is 32.2 Å². The van der Waals surface area contributed by atoms with Crippen molar-refractivity contribution in [3.63, 3.8) is 0 Å². The third kappa shape index (κ3) is 2.93. The Bertz CT molecular complexity index is 424. The number of hydrogen-bond donors (Lipinski definition) is 1. The van der Waals surface area contributed by atoms with Crippen molar-refractivity contribution in [1.82, 2.24) is 4.90 Å². The Kier molecular flexibility index (Phi) is 4.16. The van der Waals surface area contributed by atoms with E-state index >= 15 is 0 Å². The molecule has 1 aliphatic heterocycles. The first-order valence-corrected chi connectivity index (χ1v) is 7.08. The molecular formula is C16H26N2O. The Morgan fingerprint density at radius 2 is 1.84 bits per heavy atom. The van der Waals surface area contributed by atoms with Gasteiger partial charge in [0.1, 0.15) is 0 Å². The van der Waals surface area contributed by atoms with Crippen molar-refractivity contribution in [2.75, 3.05) is 38.7 Å². The maximum Gasteiger partial charge on any atom is 0.0632 e. The van der Waals surface area contributed by atoms with Gasteiger partial charge in [0.25, 0.3) is 0 Å². The lowest BCUT2D eigenvalue weighted by Crippen LogP contribution is -2.58. The summed E-state index contributed by atoms with van der Waals surface area (Å²) in [5.41, 5.74) is 3.80. The van der Waals surface area contributed by atoms with Crippen LogP contribution in [0.2, 0.25) is 0 Å². The summed E-state index contributed by atoms with van der Waals surface area (Å²) in [6.45, 7) is 6.50. The van der Waals surface area contributed by atoms with Gasteiger partial charge >= 0.3 is 0 Å². The van der Waals surface area contributed by atoms with Gasteiger partial charge in [-0.1, -0.05) is 6.07 Å². The highest BCUT2D eigenvalue weighted by Gasteiger charge is 2.37. The maximum absolute atomic E-state index is 9.82. The lowest BCUT2D eigenvalue weighted by atomic mass is 9.88. The van der Waals surface area contributed by atoms with Crippen LogP contribution in [0.4, 0.5) is 5.69 Å². The predicted octanol–water partition coefficient (Wildman–Crippen LogP) is 2.20. The molecular weight excluding hydrogens is 236 g/mol. The lowest BCUT2D eigenvalue weighted by Gasteiger charge is -2.47. The van der Waals surface area contributed by atoms with Crippen molar-refractivity contribution < 1.29 is 5.11 Å². The van der Waals surface area contributed by atoms with Gasteiger partial charge in [-0.15, -0.1) is 0 Å². The highest BCUT2D eigenvalue weighted by atomic mass is 16.3. The second-order valence-electron chi connectivity index (χ2n) is 6.15. The van der Waals surface area contributed by atoms with Crippen molar-refractivity contribution in [3.05, 3.63) is 29.3 Å². The SMILES string of the molecule is Cc1cc(C)cc(N2CCCC(CO)(N(C)C)C2)c1. The molecule has 1 aliphatic rings. The monoisotopic (exact) mass is 262 g/mol. The molecule has 0 radical (unpaired) electrons. The first-order chi connectivity index (χ1) is 8.97. The molecule has 106 valence electrons. The van der Waals surface area contributed by atoms with Crippen LogP contribution in [0.5, 0.6) is 0 Å². The number of piperidine rings is 1. The van der Waals surface area contributed by atoms with Gasteiger partial charge in [-0.3, -0.25) is 4.90 Å². The van der Waals surface area contributed by atoms with Crippen LogP contribution in [0.15, 0.2) is 18.2 Å². The number of aliphatic hydroxyl groups excluding tert-OH is 1. The number of aryl methyl sites for hydroxylation is 2. The number of hydrogen-bond acceptors (Lipinski definition) is 3. The summed E-state index contributed by atoms with van der Waals surface area (Å²) in [5.74, 6) is 0. The Labute approximate surface area is 116 Å². The van der Waals surface area contributed by atoms with E-state index in [1.54, 1.807) is 0 Å². The van der Waals surface area contributed by atoms with Gasteiger partial charge in [0, 0.05) is 18.8 Å². The summed E-state index contributed by atoms with van der Waals surface area (Å²) < 4.78 is 0. The minimum atomic E-state index is -0.101. The Hall–Kier alpha value is -1.06. The van der Waals surface area contributed by atoms with E-state index in [4.69, 9.17) is 0 Å². The molecule has 3 nitrogen and oxygen atoms in total. The van der Waals surface area contributed by atoms with Crippen LogP contribution in [0.25, 0.3) is 0 Å². The molecule has 0 spiro atoms. The van der Waals surface area contributed by atoms with Crippen LogP contribution in [-0.2, 0) is 0 Å². The van der Waals surface area contributed by atoms with E-state index in [9.17, 15) is 5.11 Å². The molecule has 1 N–H and O–H groups in total. The highest BCUT2D eigenvalue weighted by molar-refractivity contribution is 5.51. The van der Waals surface area contributed by atoms with Crippen LogP contribution < -0.4 is 4.90 Å². The summed E-state index contributed by atoms with van der Waals surface area (Å²) >= 11 is 0. The zero-order valence-corrected chi connectivity index (χ0v) is 12.6. The normalized spacial score (nSPS) is 24.0. The van der Waals surface area contributed by atoms with Crippen molar-refractivity contribution >= 4 is 5.69 Å². The minimum Gasteiger partial charge on any atom is -0.394 e. The van der Waals surface area contributed by atoms with Gasteiger partial charge in [-0.25, -0.2) is 0 Å². The minimum absolute atomic E-state index is 0.101. The molecule has 1 saturated heterocycles. The molecule has 1 atom stereocenters. The number of nitrogens with zero attached hydrogens (tertiary/aromatic N) is 2. The highest BCUT2D eigenvalue weighted by Crippen LogP contribution is 2.30. The standard InChI is InChI=1S/C16H26N2O/c1-13-8-14(2)10-15(9-13)18-7-5-6-16(11-18,12-19)17(3)4/h8-10,19H,5-7,11-12H2,1-4H3. The van der Waals surface area contributed by atoms with E-state index in [2.05, 4.69) is 55.9 Å². The van der Waals surface area contributed by atoms with E-state index in [1.165, 1.54) is 16.8 Å². The van der Waals surface area contributed by atoms with E-state index < -0.39 is 0 Å². The first-order valence-electron chi connectivity index (χ1n) is 7.08. The van der Waals surface area contributed by atoms with Crippen molar-refractivity contribution in [1.29, 1.82) is 0 Å². The second-order valence-corrected chi connectivity index (χ2v) is 6.15. The quantitative estimate of drug-likeness (QED) is 0.904. The van der Waals surface area contributed by atoms with Gasteiger partial charge in [0.2, 0.25) is 0 Å². The lowest BCUT2D eigenvalue weighted by molar-refractivity contribution is 0.0547. The summed E-state index contributed by atoms with van der Waals surface area (Å²) in [7, 11) is 4.14. The molecule has 0 aliphatic carbocycles. The number of rotatable bonds is 3. The van der Waals surface area contributed by atoms with Gasteiger partial charge in [-0.05, 0) is 64.0 Å². The molecule has 0 saturated carbocycles. The fourth-order valence-corrected chi connectivity index (χ4v) is 3.10. The zero-order valence-electron chi connectivity index (χ0n) is 12.6. The average Bonchev–Trinajstić information content (AvgIpc) is 2.37. The predicted molar refractivity (Wildman–Crippen MR) is 80.9 cm³/mol. The van der Waals surface area contributed by atoms with Crippen molar-refractivity contribution in [3.8, 4) is 0 Å². The summed E-state index contributed by atoms with van der Waals surface area (Å²) in [4.78, 5) is 4.60.